The van der Waals surface area contributed by atoms with Crippen LogP contribution in [0.25, 0.3) is 0 Å². The summed E-state index contributed by atoms with van der Waals surface area (Å²) in [6, 6.07) is 15.1. The Balaban J connectivity index is 2.05. The normalized spacial score (nSPS) is 12.0. The second kappa shape index (κ2) is 10.2. The maximum absolute atomic E-state index is 12.8. The predicted molar refractivity (Wildman–Crippen MR) is 102 cm³/mol. The first-order valence-corrected chi connectivity index (χ1v) is 9.02. The number of carbonyl (C=O) groups is 1. The minimum atomic E-state index is -0.303. The zero-order chi connectivity index (χ0) is 18.1. The number of carbonyl (C=O) groups excluding carboxylic acids is 1. The Morgan fingerprint density at radius 3 is 2.68 bits per heavy atom. The van der Waals surface area contributed by atoms with E-state index < -0.39 is 0 Å². The molecule has 0 unspecified atom stereocenters. The van der Waals surface area contributed by atoms with Crippen molar-refractivity contribution in [2.45, 2.75) is 26.3 Å². The van der Waals surface area contributed by atoms with Crippen molar-refractivity contribution in [3.05, 3.63) is 64.7 Å². The Morgan fingerprint density at radius 1 is 1.24 bits per heavy atom. The lowest BCUT2D eigenvalue weighted by atomic mass is 10.1. The van der Waals surface area contributed by atoms with Gasteiger partial charge in [0.05, 0.1) is 13.2 Å². The van der Waals surface area contributed by atoms with Gasteiger partial charge in [-0.3, -0.25) is 4.79 Å². The van der Waals surface area contributed by atoms with E-state index in [9.17, 15) is 4.79 Å². The fourth-order valence-corrected chi connectivity index (χ4v) is 2.74. The van der Waals surface area contributed by atoms with E-state index in [-0.39, 0.29) is 11.9 Å². The fourth-order valence-electron chi connectivity index (χ4n) is 2.56. The molecule has 0 saturated carbocycles. The number of hydrogen-bond donors (Lipinski definition) is 2. The van der Waals surface area contributed by atoms with Crippen LogP contribution in [-0.4, -0.2) is 25.7 Å². The molecule has 0 aliphatic carbocycles. The standard InChI is InChI=1S/C20H25ClN2O2/c1-3-25-13-7-12-22-19(16-8-5-4-6-9-16)20(24)23-17-11-10-15(2)18(21)14-17/h4-6,8-11,14,19,22H,3,7,12-13H2,1-2H3,(H,23,24)/p+1/t19-/m0/s1. The minimum Gasteiger partial charge on any atom is -0.382 e. The molecule has 0 fully saturated rings. The van der Waals surface area contributed by atoms with Gasteiger partial charge in [0.2, 0.25) is 0 Å². The molecule has 0 aromatic heterocycles. The van der Waals surface area contributed by atoms with Gasteiger partial charge in [-0.05, 0) is 31.5 Å². The second-order valence-electron chi connectivity index (χ2n) is 5.92. The molecule has 2 aromatic carbocycles. The number of nitrogens with two attached hydrogens (primary N) is 1. The topological polar surface area (TPSA) is 54.9 Å². The van der Waals surface area contributed by atoms with E-state index in [4.69, 9.17) is 16.3 Å². The quantitative estimate of drug-likeness (QED) is 0.673. The molecule has 1 amide bonds. The highest BCUT2D eigenvalue weighted by Crippen LogP contribution is 2.21. The molecule has 0 spiro atoms. The monoisotopic (exact) mass is 361 g/mol. The number of hydrogen-bond acceptors (Lipinski definition) is 2. The van der Waals surface area contributed by atoms with Crippen LogP contribution in [0.1, 0.15) is 30.5 Å². The van der Waals surface area contributed by atoms with Crippen LogP contribution in [0.2, 0.25) is 5.02 Å². The highest BCUT2D eigenvalue weighted by molar-refractivity contribution is 6.31. The van der Waals surface area contributed by atoms with Gasteiger partial charge in [0.25, 0.3) is 5.91 Å². The lowest BCUT2D eigenvalue weighted by Crippen LogP contribution is -2.87. The van der Waals surface area contributed by atoms with E-state index in [0.29, 0.717) is 17.3 Å². The molecule has 2 rings (SSSR count). The molecule has 134 valence electrons. The molecule has 0 aliphatic rings. The highest BCUT2D eigenvalue weighted by atomic mass is 35.5. The molecule has 0 heterocycles. The lowest BCUT2D eigenvalue weighted by molar-refractivity contribution is -0.682. The largest absolute Gasteiger partial charge is 0.382 e. The highest BCUT2D eigenvalue weighted by Gasteiger charge is 2.23. The first-order valence-electron chi connectivity index (χ1n) is 8.65. The molecule has 4 nitrogen and oxygen atoms in total. The van der Waals surface area contributed by atoms with E-state index in [1.165, 1.54) is 0 Å². The van der Waals surface area contributed by atoms with Gasteiger partial charge in [-0.15, -0.1) is 0 Å². The Kier molecular flexibility index (Phi) is 7.92. The van der Waals surface area contributed by atoms with Gasteiger partial charge in [0, 0.05) is 29.3 Å². The number of amides is 1. The average Bonchev–Trinajstić information content (AvgIpc) is 2.62. The smallest absolute Gasteiger partial charge is 0.287 e. The molecule has 0 radical (unpaired) electrons. The van der Waals surface area contributed by atoms with E-state index in [0.717, 1.165) is 30.7 Å². The Morgan fingerprint density at radius 2 is 2.00 bits per heavy atom. The zero-order valence-electron chi connectivity index (χ0n) is 14.8. The first kappa shape index (κ1) is 19.4. The molecule has 3 N–H and O–H groups in total. The number of benzene rings is 2. The van der Waals surface area contributed by atoms with Crippen LogP contribution in [0.5, 0.6) is 0 Å². The Bertz CT molecular complexity index is 677. The molecular weight excluding hydrogens is 336 g/mol. The number of aryl methyl sites for hydroxylation is 1. The van der Waals surface area contributed by atoms with E-state index in [2.05, 4.69) is 10.6 Å². The third kappa shape index (κ3) is 6.16. The summed E-state index contributed by atoms with van der Waals surface area (Å²) in [4.78, 5) is 12.8. The molecule has 25 heavy (non-hydrogen) atoms. The first-order chi connectivity index (χ1) is 12.1. The van der Waals surface area contributed by atoms with Crippen LogP contribution >= 0.6 is 11.6 Å². The van der Waals surface area contributed by atoms with Crippen LogP contribution in [0.3, 0.4) is 0 Å². The van der Waals surface area contributed by atoms with Gasteiger partial charge in [-0.1, -0.05) is 48.0 Å². The minimum absolute atomic E-state index is 0.0532. The summed E-state index contributed by atoms with van der Waals surface area (Å²) in [5, 5.41) is 5.68. The summed E-state index contributed by atoms with van der Waals surface area (Å²) in [5.74, 6) is -0.0532. The third-order valence-corrected chi connectivity index (χ3v) is 4.39. The zero-order valence-corrected chi connectivity index (χ0v) is 15.6. The van der Waals surface area contributed by atoms with Crippen molar-refractivity contribution >= 4 is 23.2 Å². The summed E-state index contributed by atoms with van der Waals surface area (Å²) in [6.07, 6.45) is 0.904. The van der Waals surface area contributed by atoms with Crippen molar-refractivity contribution in [2.75, 3.05) is 25.1 Å². The van der Waals surface area contributed by atoms with Gasteiger partial charge in [-0.2, -0.15) is 0 Å². The number of halogens is 1. The molecule has 0 bridgehead atoms. The van der Waals surface area contributed by atoms with Crippen LogP contribution in [0.15, 0.2) is 48.5 Å². The van der Waals surface area contributed by atoms with Crippen molar-refractivity contribution in [2.24, 2.45) is 0 Å². The van der Waals surface area contributed by atoms with E-state index in [1.807, 2.05) is 56.3 Å². The molecule has 2 aromatic rings. The van der Waals surface area contributed by atoms with Crippen molar-refractivity contribution < 1.29 is 14.8 Å². The molecule has 5 heteroatoms. The van der Waals surface area contributed by atoms with Gasteiger partial charge in [0.15, 0.2) is 6.04 Å². The van der Waals surface area contributed by atoms with E-state index in [1.54, 1.807) is 6.07 Å². The average molecular weight is 362 g/mol. The number of quaternary nitrogens is 1. The molecular formula is C20H26ClN2O2+. The second-order valence-corrected chi connectivity index (χ2v) is 6.32. The Hall–Kier alpha value is -1.88. The third-order valence-electron chi connectivity index (χ3n) is 3.98. The molecule has 1 atom stereocenters. The lowest BCUT2D eigenvalue weighted by Gasteiger charge is -2.16. The maximum atomic E-state index is 12.8. The molecule has 0 saturated heterocycles. The van der Waals surface area contributed by atoms with Crippen molar-refractivity contribution in [1.82, 2.24) is 0 Å². The number of nitrogens with one attached hydrogen (secondary N) is 1. The van der Waals surface area contributed by atoms with Gasteiger partial charge < -0.3 is 15.4 Å². The fraction of sp³-hybridized carbons (Fsp3) is 0.350. The number of anilines is 1. The summed E-state index contributed by atoms with van der Waals surface area (Å²) < 4.78 is 5.37. The van der Waals surface area contributed by atoms with Crippen LogP contribution in [0.4, 0.5) is 5.69 Å². The van der Waals surface area contributed by atoms with E-state index >= 15 is 0 Å². The van der Waals surface area contributed by atoms with Crippen molar-refractivity contribution in [1.29, 1.82) is 0 Å². The van der Waals surface area contributed by atoms with Crippen molar-refractivity contribution in [3.8, 4) is 0 Å². The summed E-state index contributed by atoms with van der Waals surface area (Å²) in [5.41, 5.74) is 2.68. The predicted octanol–water partition coefficient (Wildman–Crippen LogP) is 3.32. The summed E-state index contributed by atoms with van der Waals surface area (Å²) in [7, 11) is 0. The van der Waals surface area contributed by atoms with Gasteiger partial charge in [-0.25, -0.2) is 0 Å². The Labute approximate surface area is 154 Å². The summed E-state index contributed by atoms with van der Waals surface area (Å²) >= 11 is 6.15. The van der Waals surface area contributed by atoms with Crippen LogP contribution in [-0.2, 0) is 9.53 Å². The molecule has 0 aliphatic heterocycles. The van der Waals surface area contributed by atoms with Gasteiger partial charge in [0.1, 0.15) is 0 Å². The number of rotatable bonds is 9. The summed E-state index contributed by atoms with van der Waals surface area (Å²) in [6.45, 7) is 6.17. The van der Waals surface area contributed by atoms with Crippen molar-refractivity contribution in [3.63, 3.8) is 0 Å². The van der Waals surface area contributed by atoms with Crippen LogP contribution < -0.4 is 10.6 Å². The number of ether oxygens (including phenoxy) is 1. The van der Waals surface area contributed by atoms with Gasteiger partial charge >= 0.3 is 0 Å². The SMILES string of the molecule is CCOCCC[NH2+][C@H](C(=O)Nc1ccc(C)c(Cl)c1)c1ccccc1. The maximum Gasteiger partial charge on any atom is 0.287 e. The van der Waals surface area contributed by atoms with Crippen LogP contribution in [0, 0.1) is 6.92 Å².